The number of ketones is 1. The maximum absolute atomic E-state index is 12.6. The summed E-state index contributed by atoms with van der Waals surface area (Å²) in [6.07, 6.45) is 4.22. The number of hydrogen-bond acceptors (Lipinski definition) is 5. The Balaban J connectivity index is 1.94. The van der Waals surface area contributed by atoms with Crippen LogP contribution in [0.3, 0.4) is 0 Å². The van der Waals surface area contributed by atoms with Crippen molar-refractivity contribution in [3.05, 3.63) is 30.3 Å². The second-order valence-electron chi connectivity index (χ2n) is 6.50. The Labute approximate surface area is 159 Å². The molecule has 1 fully saturated rings. The number of carbonyl (C=O) groups is 3. The van der Waals surface area contributed by atoms with Crippen LogP contribution in [0.5, 0.6) is 0 Å². The number of benzene rings is 1. The Morgan fingerprint density at radius 1 is 1.19 bits per heavy atom. The van der Waals surface area contributed by atoms with E-state index < -0.39 is 12.1 Å². The minimum Gasteiger partial charge on any atom is -0.343 e. The monoisotopic (exact) mass is 377 g/mol. The maximum Gasteiger partial charge on any atom is 0.246 e. The van der Waals surface area contributed by atoms with Crippen LogP contribution in [0.1, 0.15) is 38.5 Å². The molecular weight excluding hydrogens is 350 g/mol. The van der Waals surface area contributed by atoms with Crippen LogP contribution < -0.4 is 16.0 Å². The van der Waals surface area contributed by atoms with Gasteiger partial charge in [-0.05, 0) is 37.1 Å². The summed E-state index contributed by atoms with van der Waals surface area (Å²) >= 11 is 4.20. The largest absolute Gasteiger partial charge is 0.343 e. The van der Waals surface area contributed by atoms with Crippen LogP contribution in [-0.2, 0) is 14.4 Å². The molecule has 6 nitrogen and oxygen atoms in total. The van der Waals surface area contributed by atoms with Crippen molar-refractivity contribution in [2.45, 2.75) is 50.6 Å². The van der Waals surface area contributed by atoms with E-state index in [4.69, 9.17) is 0 Å². The molecule has 2 rings (SSSR count). The lowest BCUT2D eigenvalue weighted by Gasteiger charge is -2.25. The van der Waals surface area contributed by atoms with Crippen molar-refractivity contribution in [2.24, 2.45) is 0 Å². The van der Waals surface area contributed by atoms with Crippen molar-refractivity contribution < 1.29 is 14.4 Å². The molecule has 3 N–H and O–H groups in total. The van der Waals surface area contributed by atoms with E-state index in [1.54, 1.807) is 0 Å². The van der Waals surface area contributed by atoms with E-state index in [2.05, 4.69) is 28.6 Å². The number of Topliss-reactive ketones (excluding diaryl/α,β-unsaturated/α-hetero) is 1. The van der Waals surface area contributed by atoms with E-state index in [0.29, 0.717) is 24.9 Å². The zero-order valence-corrected chi connectivity index (χ0v) is 15.8. The number of unbranched alkanes of at least 4 members (excludes halogenated alkanes) is 2. The van der Waals surface area contributed by atoms with Crippen LogP contribution >= 0.6 is 12.6 Å². The molecule has 26 heavy (non-hydrogen) atoms. The summed E-state index contributed by atoms with van der Waals surface area (Å²) in [5.74, 6) is 0.481. The summed E-state index contributed by atoms with van der Waals surface area (Å²) in [5, 5.41) is 8.65. The van der Waals surface area contributed by atoms with Gasteiger partial charge in [-0.25, -0.2) is 0 Å². The quantitative estimate of drug-likeness (QED) is 0.391. The molecule has 2 atom stereocenters. The fourth-order valence-corrected chi connectivity index (χ4v) is 3.11. The molecule has 0 spiro atoms. The molecule has 1 heterocycles. The van der Waals surface area contributed by atoms with E-state index in [1.165, 1.54) is 0 Å². The topological polar surface area (TPSA) is 87.3 Å². The number of nitrogens with one attached hydrogen (secondary N) is 3. The third kappa shape index (κ3) is 6.80. The van der Waals surface area contributed by atoms with Gasteiger partial charge in [-0.3, -0.25) is 19.7 Å². The summed E-state index contributed by atoms with van der Waals surface area (Å²) in [6, 6.07) is 8.18. The highest BCUT2D eigenvalue weighted by Gasteiger charge is 2.28. The molecule has 1 aromatic rings. The van der Waals surface area contributed by atoms with Crippen LogP contribution in [0.25, 0.3) is 0 Å². The highest BCUT2D eigenvalue weighted by Crippen LogP contribution is 2.11. The van der Waals surface area contributed by atoms with Crippen LogP contribution in [0.4, 0.5) is 5.69 Å². The van der Waals surface area contributed by atoms with Crippen molar-refractivity contribution >= 4 is 35.9 Å². The first-order chi connectivity index (χ1) is 12.6. The predicted molar refractivity (Wildman–Crippen MR) is 105 cm³/mol. The Morgan fingerprint density at radius 2 is 1.96 bits per heavy atom. The van der Waals surface area contributed by atoms with Gasteiger partial charge in [0, 0.05) is 12.1 Å². The predicted octanol–water partition coefficient (Wildman–Crippen LogP) is 1.92. The minimum atomic E-state index is -0.595. The third-order valence-corrected chi connectivity index (χ3v) is 4.72. The van der Waals surface area contributed by atoms with Crippen LogP contribution in [-0.4, -0.2) is 42.0 Å². The summed E-state index contributed by atoms with van der Waals surface area (Å²) in [7, 11) is 0. The first-order valence-electron chi connectivity index (χ1n) is 9.12. The number of rotatable bonds is 9. The molecule has 2 amide bonds. The van der Waals surface area contributed by atoms with Gasteiger partial charge in [-0.2, -0.15) is 12.6 Å². The molecule has 142 valence electrons. The van der Waals surface area contributed by atoms with Gasteiger partial charge in [0.2, 0.25) is 11.8 Å². The molecule has 1 aliphatic rings. The molecule has 0 radical (unpaired) electrons. The van der Waals surface area contributed by atoms with Gasteiger partial charge in [-0.15, -0.1) is 0 Å². The Morgan fingerprint density at radius 3 is 2.62 bits per heavy atom. The molecule has 1 saturated heterocycles. The molecule has 0 bridgehead atoms. The number of carbonyl (C=O) groups excluding carboxylic acids is 3. The molecule has 1 aromatic carbocycles. The van der Waals surface area contributed by atoms with E-state index in [0.717, 1.165) is 25.0 Å². The molecule has 7 heteroatoms. The van der Waals surface area contributed by atoms with Crippen molar-refractivity contribution in [1.82, 2.24) is 10.6 Å². The summed E-state index contributed by atoms with van der Waals surface area (Å²) in [6.45, 7) is 0.209. The van der Waals surface area contributed by atoms with Crippen molar-refractivity contribution in [3.8, 4) is 0 Å². The first-order valence-corrected chi connectivity index (χ1v) is 9.75. The van der Waals surface area contributed by atoms with Gasteiger partial charge in [0.05, 0.1) is 12.6 Å². The average Bonchev–Trinajstić information content (AvgIpc) is 2.65. The summed E-state index contributed by atoms with van der Waals surface area (Å²) < 4.78 is 0. The fourth-order valence-electron chi connectivity index (χ4n) is 2.89. The smallest absolute Gasteiger partial charge is 0.246 e. The first kappa shape index (κ1) is 20.5. The number of amides is 2. The van der Waals surface area contributed by atoms with Gasteiger partial charge in [-0.1, -0.05) is 31.0 Å². The van der Waals surface area contributed by atoms with E-state index in [-0.39, 0.29) is 24.1 Å². The third-order valence-electron chi connectivity index (χ3n) is 4.40. The zero-order valence-electron chi connectivity index (χ0n) is 14.9. The van der Waals surface area contributed by atoms with E-state index in [9.17, 15) is 14.4 Å². The number of piperidine rings is 1. The lowest BCUT2D eigenvalue weighted by molar-refractivity contribution is -0.129. The molecule has 0 unspecified atom stereocenters. The molecule has 0 saturated carbocycles. The fraction of sp³-hybridized carbons (Fsp3) is 0.526. The zero-order chi connectivity index (χ0) is 18.8. The second kappa shape index (κ2) is 11.0. The molecular formula is C19H27N3O3S. The normalized spacial score (nSPS) is 18.2. The maximum atomic E-state index is 12.6. The lowest BCUT2D eigenvalue weighted by atomic mass is 10.0. The van der Waals surface area contributed by atoms with Gasteiger partial charge in [0.1, 0.15) is 11.8 Å². The highest BCUT2D eigenvalue weighted by atomic mass is 32.1. The molecule has 1 aliphatic heterocycles. The molecule has 0 aliphatic carbocycles. The number of thiol groups is 1. The Kier molecular flexibility index (Phi) is 8.64. The standard InChI is InChI=1S/C19H27N3O3S/c23-15-10-11-16(20-13-15)18(24)22-17(9-5-2-6-12-26)19(25)21-14-7-3-1-4-8-14/h1,3-4,7-8,16-17,20,26H,2,5-6,9-13H2,(H,21,25)(H,22,24)/t16-,17+/m1/s1. The Hall–Kier alpha value is -1.86. The SMILES string of the molecule is O=C1CC[C@H](C(=O)N[C@@H](CCCCCS)C(=O)Nc2ccccc2)NC1. The summed E-state index contributed by atoms with van der Waals surface area (Å²) in [5.41, 5.74) is 0.702. The van der Waals surface area contributed by atoms with Crippen LogP contribution in [0, 0.1) is 0 Å². The van der Waals surface area contributed by atoms with Crippen molar-refractivity contribution in [2.75, 3.05) is 17.6 Å². The number of hydrogen-bond donors (Lipinski definition) is 4. The summed E-state index contributed by atoms with van der Waals surface area (Å²) in [4.78, 5) is 36.4. The lowest BCUT2D eigenvalue weighted by Crippen LogP contribution is -2.53. The average molecular weight is 378 g/mol. The van der Waals surface area contributed by atoms with E-state index in [1.807, 2.05) is 30.3 Å². The van der Waals surface area contributed by atoms with Crippen LogP contribution in [0.2, 0.25) is 0 Å². The molecule has 0 aromatic heterocycles. The minimum absolute atomic E-state index is 0.110. The number of para-hydroxylation sites is 1. The second-order valence-corrected chi connectivity index (χ2v) is 6.95. The van der Waals surface area contributed by atoms with Gasteiger partial charge in [0.25, 0.3) is 0 Å². The van der Waals surface area contributed by atoms with Crippen LogP contribution in [0.15, 0.2) is 30.3 Å². The van der Waals surface area contributed by atoms with Gasteiger partial charge < -0.3 is 10.6 Å². The van der Waals surface area contributed by atoms with E-state index >= 15 is 0 Å². The van der Waals surface area contributed by atoms with Gasteiger partial charge >= 0.3 is 0 Å². The van der Waals surface area contributed by atoms with Gasteiger partial charge in [0.15, 0.2) is 0 Å². The van der Waals surface area contributed by atoms with Crippen molar-refractivity contribution in [3.63, 3.8) is 0 Å². The Bertz CT molecular complexity index is 599. The highest BCUT2D eigenvalue weighted by molar-refractivity contribution is 7.80. The number of anilines is 1. The van der Waals surface area contributed by atoms with Crippen molar-refractivity contribution in [1.29, 1.82) is 0 Å².